The molecule has 1 aliphatic carbocycles. The minimum Gasteiger partial charge on any atom is -0.456 e. The highest BCUT2D eigenvalue weighted by Gasteiger charge is 2.41. The van der Waals surface area contributed by atoms with Gasteiger partial charge in [0, 0.05) is 6.08 Å². The smallest absolute Gasteiger partial charge is 0.330 e. The highest BCUT2D eigenvalue weighted by molar-refractivity contribution is 5.81. The zero-order chi connectivity index (χ0) is 12.2. The zero-order valence-corrected chi connectivity index (χ0v) is 10.8. The normalized spacial score (nSPS) is 31.8. The number of carbonyl (C=O) groups excluding carboxylic acids is 1. The van der Waals surface area contributed by atoms with Gasteiger partial charge in [0.25, 0.3) is 0 Å². The predicted molar refractivity (Wildman–Crippen MR) is 66.1 cm³/mol. The number of rotatable bonds is 4. The summed E-state index contributed by atoms with van der Waals surface area (Å²) in [6, 6.07) is 0. The molecular formula is C14H24O2. The summed E-state index contributed by atoms with van der Waals surface area (Å²) in [5.41, 5.74) is -0.230. The molecule has 1 fully saturated rings. The largest absolute Gasteiger partial charge is 0.456 e. The van der Waals surface area contributed by atoms with Gasteiger partial charge in [-0.2, -0.15) is 0 Å². The van der Waals surface area contributed by atoms with Gasteiger partial charge >= 0.3 is 5.97 Å². The lowest BCUT2D eigenvalue weighted by Crippen LogP contribution is -2.44. The van der Waals surface area contributed by atoms with E-state index in [1.165, 1.54) is 6.08 Å². The van der Waals surface area contributed by atoms with Crippen LogP contribution >= 0.6 is 0 Å². The summed E-state index contributed by atoms with van der Waals surface area (Å²) in [5.74, 6) is 0.929. The SMILES string of the molecule is C=CC(=O)OC1(C(C)CC)CCC(C)CC1. The van der Waals surface area contributed by atoms with Gasteiger partial charge in [-0.05, 0) is 43.9 Å². The van der Waals surface area contributed by atoms with E-state index in [0.29, 0.717) is 5.92 Å². The molecule has 0 aromatic rings. The summed E-state index contributed by atoms with van der Waals surface area (Å²) in [6.07, 6.45) is 6.66. The first-order valence-corrected chi connectivity index (χ1v) is 6.39. The van der Waals surface area contributed by atoms with Crippen molar-refractivity contribution in [2.24, 2.45) is 11.8 Å². The van der Waals surface area contributed by atoms with Crippen LogP contribution in [0, 0.1) is 11.8 Å². The molecule has 1 rings (SSSR count). The van der Waals surface area contributed by atoms with Gasteiger partial charge in [0.05, 0.1) is 0 Å². The van der Waals surface area contributed by atoms with Gasteiger partial charge in [-0.1, -0.05) is 27.4 Å². The Morgan fingerprint density at radius 1 is 1.56 bits per heavy atom. The average Bonchev–Trinajstić information content (AvgIpc) is 2.31. The first-order valence-electron chi connectivity index (χ1n) is 6.39. The summed E-state index contributed by atoms with van der Waals surface area (Å²) in [6.45, 7) is 10.1. The van der Waals surface area contributed by atoms with Gasteiger partial charge in [0.15, 0.2) is 0 Å². The Bertz CT molecular complexity index is 249. The quantitative estimate of drug-likeness (QED) is 0.537. The molecule has 1 saturated carbocycles. The maximum absolute atomic E-state index is 11.4. The van der Waals surface area contributed by atoms with Gasteiger partial charge in [-0.25, -0.2) is 4.79 Å². The Labute approximate surface area is 99.1 Å². The third kappa shape index (κ3) is 2.87. The van der Waals surface area contributed by atoms with Crippen LogP contribution in [0.3, 0.4) is 0 Å². The Balaban J connectivity index is 2.76. The number of carbonyl (C=O) groups is 1. The molecule has 1 atom stereocenters. The molecule has 0 heterocycles. The third-order valence-electron chi connectivity index (χ3n) is 4.10. The van der Waals surface area contributed by atoms with Crippen LogP contribution in [-0.4, -0.2) is 11.6 Å². The molecule has 0 bridgehead atoms. The van der Waals surface area contributed by atoms with Crippen molar-refractivity contribution in [1.29, 1.82) is 0 Å². The van der Waals surface area contributed by atoms with Crippen molar-refractivity contribution in [3.63, 3.8) is 0 Å². The fourth-order valence-electron chi connectivity index (χ4n) is 2.56. The van der Waals surface area contributed by atoms with Crippen LogP contribution in [0.1, 0.15) is 52.9 Å². The summed E-state index contributed by atoms with van der Waals surface area (Å²) < 4.78 is 5.67. The van der Waals surface area contributed by atoms with Crippen LogP contribution in [0.15, 0.2) is 12.7 Å². The molecule has 0 aromatic heterocycles. The lowest BCUT2D eigenvalue weighted by atomic mass is 9.72. The second-order valence-electron chi connectivity index (χ2n) is 5.18. The van der Waals surface area contributed by atoms with E-state index in [-0.39, 0.29) is 11.6 Å². The van der Waals surface area contributed by atoms with Crippen LogP contribution in [0.5, 0.6) is 0 Å². The Morgan fingerprint density at radius 3 is 2.56 bits per heavy atom. The minimum atomic E-state index is -0.269. The van der Waals surface area contributed by atoms with Gasteiger partial charge in [0.2, 0.25) is 0 Å². The fraction of sp³-hybridized carbons (Fsp3) is 0.786. The summed E-state index contributed by atoms with van der Waals surface area (Å²) in [4.78, 5) is 11.4. The van der Waals surface area contributed by atoms with Crippen molar-refractivity contribution >= 4 is 5.97 Å². The second-order valence-corrected chi connectivity index (χ2v) is 5.18. The molecule has 1 unspecified atom stereocenters. The Morgan fingerprint density at radius 2 is 2.12 bits per heavy atom. The van der Waals surface area contributed by atoms with Crippen LogP contribution in [0.25, 0.3) is 0 Å². The Hall–Kier alpha value is -0.790. The van der Waals surface area contributed by atoms with E-state index in [0.717, 1.165) is 38.0 Å². The van der Waals surface area contributed by atoms with Crippen molar-refractivity contribution in [2.75, 3.05) is 0 Å². The van der Waals surface area contributed by atoms with Crippen LogP contribution < -0.4 is 0 Å². The number of esters is 1. The van der Waals surface area contributed by atoms with E-state index in [1.807, 2.05) is 0 Å². The molecule has 0 aromatic carbocycles. The van der Waals surface area contributed by atoms with E-state index in [1.54, 1.807) is 0 Å². The molecule has 0 saturated heterocycles. The molecule has 0 N–H and O–H groups in total. The van der Waals surface area contributed by atoms with Gasteiger partial charge in [-0.15, -0.1) is 0 Å². The molecule has 92 valence electrons. The van der Waals surface area contributed by atoms with Crippen LogP contribution in [0.4, 0.5) is 0 Å². The number of ether oxygens (including phenoxy) is 1. The fourth-order valence-corrected chi connectivity index (χ4v) is 2.56. The lowest BCUT2D eigenvalue weighted by Gasteiger charge is -2.42. The van der Waals surface area contributed by atoms with E-state index >= 15 is 0 Å². The van der Waals surface area contributed by atoms with Crippen molar-refractivity contribution in [2.45, 2.75) is 58.5 Å². The molecule has 0 spiro atoms. The van der Waals surface area contributed by atoms with Crippen LogP contribution in [0.2, 0.25) is 0 Å². The number of hydrogen-bond acceptors (Lipinski definition) is 2. The van der Waals surface area contributed by atoms with E-state index in [2.05, 4.69) is 27.4 Å². The summed E-state index contributed by atoms with van der Waals surface area (Å²) in [7, 11) is 0. The first kappa shape index (κ1) is 13.3. The summed E-state index contributed by atoms with van der Waals surface area (Å²) >= 11 is 0. The standard InChI is InChI=1S/C14H24O2/c1-5-12(4)14(16-13(15)6-2)9-7-11(3)8-10-14/h6,11-12H,2,5,7-10H2,1,3-4H3. The molecule has 16 heavy (non-hydrogen) atoms. The zero-order valence-electron chi connectivity index (χ0n) is 10.8. The minimum absolute atomic E-state index is 0.230. The predicted octanol–water partition coefficient (Wildman–Crippen LogP) is 3.71. The number of hydrogen-bond donors (Lipinski definition) is 0. The highest BCUT2D eigenvalue weighted by atomic mass is 16.6. The molecular weight excluding hydrogens is 200 g/mol. The Kier molecular flexibility index (Phi) is 4.57. The van der Waals surface area contributed by atoms with E-state index < -0.39 is 0 Å². The first-order chi connectivity index (χ1) is 7.54. The maximum Gasteiger partial charge on any atom is 0.330 e. The van der Waals surface area contributed by atoms with Crippen molar-refractivity contribution < 1.29 is 9.53 Å². The molecule has 2 heteroatoms. The molecule has 0 aliphatic heterocycles. The van der Waals surface area contributed by atoms with Crippen molar-refractivity contribution in [3.8, 4) is 0 Å². The maximum atomic E-state index is 11.4. The topological polar surface area (TPSA) is 26.3 Å². The average molecular weight is 224 g/mol. The monoisotopic (exact) mass is 224 g/mol. The van der Waals surface area contributed by atoms with Gasteiger partial charge in [0.1, 0.15) is 5.60 Å². The summed E-state index contributed by atoms with van der Waals surface area (Å²) in [5, 5.41) is 0. The molecule has 1 aliphatic rings. The lowest BCUT2D eigenvalue weighted by molar-refractivity contribution is -0.165. The van der Waals surface area contributed by atoms with E-state index in [9.17, 15) is 4.79 Å². The molecule has 0 amide bonds. The highest BCUT2D eigenvalue weighted by Crippen LogP contribution is 2.41. The molecule has 2 nitrogen and oxygen atoms in total. The van der Waals surface area contributed by atoms with Crippen LogP contribution in [-0.2, 0) is 9.53 Å². The van der Waals surface area contributed by atoms with Gasteiger partial charge < -0.3 is 4.74 Å². The molecule has 0 radical (unpaired) electrons. The van der Waals surface area contributed by atoms with Crippen molar-refractivity contribution in [1.82, 2.24) is 0 Å². The van der Waals surface area contributed by atoms with Crippen molar-refractivity contribution in [3.05, 3.63) is 12.7 Å². The van der Waals surface area contributed by atoms with E-state index in [4.69, 9.17) is 4.74 Å². The third-order valence-corrected chi connectivity index (χ3v) is 4.10. The second kappa shape index (κ2) is 5.51. The van der Waals surface area contributed by atoms with Gasteiger partial charge in [-0.3, -0.25) is 0 Å².